The van der Waals surface area contributed by atoms with Crippen LogP contribution in [0.3, 0.4) is 0 Å². The van der Waals surface area contributed by atoms with Crippen molar-refractivity contribution in [3.63, 3.8) is 0 Å². The quantitative estimate of drug-likeness (QED) is 0.145. The number of rotatable bonds is 8. The minimum atomic E-state index is -5.40. The van der Waals surface area contributed by atoms with E-state index in [0.29, 0.717) is 5.39 Å². The van der Waals surface area contributed by atoms with Gasteiger partial charge < -0.3 is 35.0 Å². The zero-order valence-corrected chi connectivity index (χ0v) is 21.4. The van der Waals surface area contributed by atoms with Crippen molar-refractivity contribution in [3.05, 3.63) is 60.7 Å². The number of hydrogen-bond acceptors (Lipinski definition) is 12. The number of nitrogen functional groups attached to an aromatic ring is 1. The molecule has 1 aliphatic rings. The van der Waals surface area contributed by atoms with Crippen LogP contribution in [0.2, 0.25) is 0 Å². The molecule has 18 heteroatoms. The Morgan fingerprint density at radius 2 is 1.82 bits per heavy atom. The highest BCUT2D eigenvalue weighted by molar-refractivity contribution is 7.60. The summed E-state index contributed by atoms with van der Waals surface area (Å²) in [4.78, 5) is 52.7. The third-order valence-corrected chi connectivity index (χ3v) is 7.99. The van der Waals surface area contributed by atoms with Crippen LogP contribution in [0.4, 0.5) is 5.82 Å². The lowest BCUT2D eigenvalue weighted by Gasteiger charge is -2.22. The Balaban J connectivity index is 1.45. The summed E-state index contributed by atoms with van der Waals surface area (Å²) < 4.78 is 44.3. The molecular formula is C21H21N5O11P2. The Morgan fingerprint density at radius 3 is 2.59 bits per heavy atom. The van der Waals surface area contributed by atoms with Crippen LogP contribution in [0.25, 0.3) is 21.9 Å². The number of carbonyl (C=O) groups is 1. The van der Waals surface area contributed by atoms with E-state index in [2.05, 4.69) is 19.3 Å². The molecule has 1 aliphatic heterocycles. The molecule has 0 spiro atoms. The third kappa shape index (κ3) is 5.70. The zero-order valence-electron chi connectivity index (χ0n) is 19.6. The van der Waals surface area contributed by atoms with Gasteiger partial charge in [-0.2, -0.15) is 4.31 Å². The number of fused-ring (bicyclic) bond motifs is 2. The van der Waals surface area contributed by atoms with Crippen LogP contribution in [0, 0.1) is 0 Å². The summed E-state index contributed by atoms with van der Waals surface area (Å²) in [5, 5.41) is 12.5. The Kier molecular flexibility index (Phi) is 7.24. The van der Waals surface area contributed by atoms with Gasteiger partial charge in [0.2, 0.25) is 0 Å². The molecule has 5 rings (SSSR count). The number of aliphatic hydroxyl groups is 1. The fraction of sp³-hybridized carbons (Fsp3) is 0.238. The topological polar surface area (TPSA) is 239 Å². The zero-order chi connectivity index (χ0) is 27.9. The van der Waals surface area contributed by atoms with Crippen LogP contribution in [0.1, 0.15) is 16.6 Å². The van der Waals surface area contributed by atoms with Crippen molar-refractivity contribution in [2.75, 3.05) is 12.3 Å². The number of esters is 1. The van der Waals surface area contributed by atoms with Crippen LogP contribution >= 0.6 is 15.6 Å². The molecule has 0 amide bonds. The molecule has 1 fully saturated rings. The number of nitrogens with zero attached hydrogens (tertiary/aromatic N) is 4. The maximum absolute atomic E-state index is 13.2. The number of nitrogens with two attached hydrogens (primary N) is 1. The summed E-state index contributed by atoms with van der Waals surface area (Å²) >= 11 is 0. The molecule has 206 valence electrons. The highest BCUT2D eigenvalue weighted by Crippen LogP contribution is 2.57. The molecule has 0 saturated carbocycles. The summed E-state index contributed by atoms with van der Waals surface area (Å²) in [6, 6.07) is 12.0. The van der Waals surface area contributed by atoms with E-state index in [0.717, 1.165) is 11.7 Å². The molecule has 5 unspecified atom stereocenters. The van der Waals surface area contributed by atoms with Gasteiger partial charge in [-0.15, -0.1) is 0 Å². The third-order valence-electron chi connectivity index (χ3n) is 5.83. The van der Waals surface area contributed by atoms with E-state index in [9.17, 15) is 23.9 Å². The van der Waals surface area contributed by atoms with Crippen LogP contribution in [-0.4, -0.2) is 70.2 Å². The van der Waals surface area contributed by atoms with Gasteiger partial charge in [0.25, 0.3) is 0 Å². The monoisotopic (exact) mass is 581 g/mol. The van der Waals surface area contributed by atoms with E-state index < -0.39 is 52.8 Å². The summed E-state index contributed by atoms with van der Waals surface area (Å²) in [5.41, 5.74) is 6.37. The van der Waals surface area contributed by atoms with Crippen molar-refractivity contribution in [1.29, 1.82) is 0 Å². The molecule has 0 bridgehead atoms. The smallest absolute Gasteiger partial charge is 0.453 e. The highest BCUT2D eigenvalue weighted by Gasteiger charge is 2.49. The van der Waals surface area contributed by atoms with Gasteiger partial charge in [-0.3, -0.25) is 9.09 Å². The van der Waals surface area contributed by atoms with Crippen molar-refractivity contribution in [2.45, 2.75) is 24.5 Å². The standard InChI is InChI=1S/C21H21N5O11P2/c22-18-15-19(24-9-23-18)26(10-25-15)20-16(27)17(14(35-20)8-34-39(32,33)37-38(29,30)31)36-21(28)13-7-3-5-11-4-1-2-6-12(11)13/h1-7,9-10,14,16-17,20,27H,8H2,(H,32,33)(H2,22,23,24)(H2,29,30,31). The SMILES string of the molecule is Nc1ncnc2c1ncn2C1OC(COP(=O)(O)OP(=O)(O)O)C(OC(=O)c2cccc3ccccc23)C1O. The Labute approximate surface area is 218 Å². The second-order valence-electron chi connectivity index (χ2n) is 8.37. The molecule has 0 radical (unpaired) electrons. The van der Waals surface area contributed by atoms with Gasteiger partial charge in [-0.25, -0.2) is 28.9 Å². The molecular weight excluding hydrogens is 560 g/mol. The van der Waals surface area contributed by atoms with Crippen LogP contribution < -0.4 is 5.73 Å². The lowest BCUT2D eigenvalue weighted by molar-refractivity contribution is -0.0520. The number of phosphoric acid groups is 2. The molecule has 3 heterocycles. The van der Waals surface area contributed by atoms with Crippen molar-refractivity contribution in [1.82, 2.24) is 19.5 Å². The molecule has 4 aromatic rings. The molecule has 16 nitrogen and oxygen atoms in total. The number of phosphoric ester groups is 1. The lowest BCUT2D eigenvalue weighted by atomic mass is 10.0. The Morgan fingerprint density at radius 1 is 1.08 bits per heavy atom. The van der Waals surface area contributed by atoms with Gasteiger partial charge in [0.15, 0.2) is 23.8 Å². The van der Waals surface area contributed by atoms with E-state index in [1.807, 2.05) is 0 Å². The van der Waals surface area contributed by atoms with Gasteiger partial charge >= 0.3 is 21.6 Å². The minimum Gasteiger partial charge on any atom is -0.453 e. The lowest BCUT2D eigenvalue weighted by Crippen LogP contribution is -2.38. The van der Waals surface area contributed by atoms with E-state index in [1.54, 1.807) is 36.4 Å². The predicted molar refractivity (Wildman–Crippen MR) is 132 cm³/mol. The van der Waals surface area contributed by atoms with Gasteiger partial charge in [-0.1, -0.05) is 36.4 Å². The average molecular weight is 581 g/mol. The first-order valence-corrected chi connectivity index (χ1v) is 14.2. The number of aliphatic hydroxyl groups excluding tert-OH is 1. The summed E-state index contributed by atoms with van der Waals surface area (Å²) in [6.45, 7) is -0.876. The molecule has 0 aliphatic carbocycles. The van der Waals surface area contributed by atoms with Crippen LogP contribution in [0.5, 0.6) is 0 Å². The van der Waals surface area contributed by atoms with Crippen molar-refractivity contribution in [3.8, 4) is 0 Å². The Bertz CT molecular complexity index is 1640. The second-order valence-corrected chi connectivity index (χ2v) is 11.2. The Hall–Kier alpha value is -3.30. The molecule has 6 N–H and O–H groups in total. The molecule has 2 aromatic heterocycles. The van der Waals surface area contributed by atoms with Gasteiger partial charge in [0, 0.05) is 0 Å². The van der Waals surface area contributed by atoms with Crippen LogP contribution in [0.15, 0.2) is 55.1 Å². The van der Waals surface area contributed by atoms with Crippen molar-refractivity contribution < 1.29 is 52.0 Å². The maximum atomic E-state index is 13.2. The van der Waals surface area contributed by atoms with Gasteiger partial charge in [0.05, 0.1) is 18.5 Å². The normalized spacial score (nSPS) is 23.2. The summed E-state index contributed by atoms with van der Waals surface area (Å²) in [6.07, 6.45) is -3.38. The first kappa shape index (κ1) is 27.3. The number of hydrogen-bond donors (Lipinski definition) is 5. The number of aromatic nitrogens is 4. The van der Waals surface area contributed by atoms with E-state index >= 15 is 0 Å². The number of anilines is 1. The molecule has 2 aromatic carbocycles. The average Bonchev–Trinajstić information content (AvgIpc) is 3.43. The fourth-order valence-corrected chi connectivity index (χ4v) is 5.80. The first-order chi connectivity index (χ1) is 18.4. The number of carbonyl (C=O) groups excluding carboxylic acids is 1. The summed E-state index contributed by atoms with van der Waals surface area (Å²) in [7, 11) is -10.7. The fourth-order valence-electron chi connectivity index (χ4n) is 4.20. The van der Waals surface area contributed by atoms with Crippen molar-refractivity contribution in [2.24, 2.45) is 0 Å². The minimum absolute atomic E-state index is 0.0564. The molecule has 39 heavy (non-hydrogen) atoms. The summed E-state index contributed by atoms with van der Waals surface area (Å²) in [5.74, 6) is -0.785. The van der Waals surface area contributed by atoms with E-state index in [1.165, 1.54) is 17.0 Å². The second kappa shape index (κ2) is 10.4. The van der Waals surface area contributed by atoms with Gasteiger partial charge in [0.1, 0.15) is 24.1 Å². The number of benzene rings is 2. The largest absolute Gasteiger partial charge is 0.481 e. The molecule has 5 atom stereocenters. The van der Waals surface area contributed by atoms with E-state index in [4.69, 9.17) is 29.5 Å². The van der Waals surface area contributed by atoms with Crippen LogP contribution in [-0.2, 0) is 27.4 Å². The number of imidazole rings is 1. The van der Waals surface area contributed by atoms with Crippen molar-refractivity contribution >= 4 is 49.4 Å². The molecule has 1 saturated heterocycles. The first-order valence-electron chi connectivity index (χ1n) is 11.1. The number of ether oxygens (including phenoxy) is 2. The predicted octanol–water partition coefficient (Wildman–Crippen LogP) is 1.27. The van der Waals surface area contributed by atoms with E-state index in [-0.39, 0.29) is 22.5 Å². The maximum Gasteiger partial charge on any atom is 0.481 e. The van der Waals surface area contributed by atoms with Gasteiger partial charge in [-0.05, 0) is 16.8 Å². The highest BCUT2D eigenvalue weighted by atomic mass is 31.3.